The van der Waals surface area contributed by atoms with Gasteiger partial charge in [-0.15, -0.1) is 0 Å². The van der Waals surface area contributed by atoms with E-state index in [0.29, 0.717) is 23.3 Å². The van der Waals surface area contributed by atoms with E-state index in [1.807, 2.05) is 30.3 Å². The molecule has 0 radical (unpaired) electrons. The van der Waals surface area contributed by atoms with Crippen LogP contribution in [0.4, 0.5) is 0 Å². The van der Waals surface area contributed by atoms with Gasteiger partial charge in [0.15, 0.2) is 0 Å². The predicted molar refractivity (Wildman–Crippen MR) is 130 cm³/mol. The average molecular weight is 460 g/mol. The van der Waals surface area contributed by atoms with Crippen LogP contribution < -0.4 is 10.5 Å². The van der Waals surface area contributed by atoms with Crippen LogP contribution >= 0.6 is 11.6 Å². The molecule has 3 atom stereocenters. The smallest absolute Gasteiger partial charge is 0.221 e. The highest BCUT2D eigenvalue weighted by molar-refractivity contribution is 6.30. The lowest BCUT2D eigenvalue weighted by molar-refractivity contribution is -0.192. The molecule has 3 aromatic carbocycles. The largest absolute Gasteiger partial charge is 0.489 e. The molecule has 0 saturated carbocycles. The van der Waals surface area contributed by atoms with E-state index in [0.717, 1.165) is 41.7 Å². The number of aryl methyl sites for hydroxylation is 1. The van der Waals surface area contributed by atoms with E-state index < -0.39 is 5.72 Å². The molecular formula is C27H26ClN3O2. The Morgan fingerprint density at radius 1 is 1.06 bits per heavy atom. The number of guanidine groups is 1. The van der Waals surface area contributed by atoms with Crippen molar-refractivity contribution in [3.8, 4) is 16.9 Å². The first-order valence-electron chi connectivity index (χ1n) is 11.5. The molecule has 1 spiro atoms. The maximum atomic E-state index is 6.67. The molecule has 6 heteroatoms. The number of hydrogen-bond donors (Lipinski definition) is 1. The van der Waals surface area contributed by atoms with Gasteiger partial charge in [-0.05, 0) is 65.8 Å². The molecule has 2 aliphatic heterocycles. The van der Waals surface area contributed by atoms with Gasteiger partial charge in [-0.25, -0.2) is 14.9 Å². The number of nitrogens with zero attached hydrogens (tertiary/aromatic N) is 2. The molecule has 0 aromatic heterocycles. The lowest BCUT2D eigenvalue weighted by Gasteiger charge is -2.41. The van der Waals surface area contributed by atoms with E-state index >= 15 is 0 Å². The number of hydrogen-bond acceptors (Lipinski definition) is 5. The zero-order chi connectivity index (χ0) is 22.6. The van der Waals surface area contributed by atoms with Crippen LogP contribution in [0.25, 0.3) is 11.1 Å². The van der Waals surface area contributed by atoms with Crippen LogP contribution in [0, 0.1) is 0 Å². The Bertz CT molecular complexity index is 1260. The summed E-state index contributed by atoms with van der Waals surface area (Å²) in [6.45, 7) is 0. The van der Waals surface area contributed by atoms with Gasteiger partial charge in [0.05, 0.1) is 5.56 Å². The number of halogens is 1. The van der Waals surface area contributed by atoms with Gasteiger partial charge in [0, 0.05) is 24.4 Å². The molecular weight excluding hydrogens is 434 g/mol. The molecule has 0 saturated heterocycles. The van der Waals surface area contributed by atoms with Gasteiger partial charge in [0.25, 0.3) is 0 Å². The lowest BCUT2D eigenvalue weighted by atomic mass is 9.76. The van der Waals surface area contributed by atoms with Gasteiger partial charge in [0.2, 0.25) is 11.7 Å². The van der Waals surface area contributed by atoms with Gasteiger partial charge in [-0.2, -0.15) is 0 Å². The van der Waals surface area contributed by atoms with Crippen LogP contribution in [-0.2, 0) is 17.0 Å². The van der Waals surface area contributed by atoms with Crippen LogP contribution in [-0.4, -0.2) is 24.2 Å². The normalized spacial score (nSPS) is 25.9. The van der Waals surface area contributed by atoms with Crippen molar-refractivity contribution in [1.29, 1.82) is 0 Å². The van der Waals surface area contributed by atoms with E-state index in [1.54, 1.807) is 12.1 Å². The molecule has 0 amide bonds. The van der Waals surface area contributed by atoms with Crippen LogP contribution in [0.5, 0.6) is 5.75 Å². The number of ether oxygens (including phenoxy) is 1. The summed E-state index contributed by atoms with van der Waals surface area (Å²) in [5, 5.41) is 2.26. The van der Waals surface area contributed by atoms with Crippen molar-refractivity contribution in [3.63, 3.8) is 0 Å². The van der Waals surface area contributed by atoms with E-state index in [1.165, 1.54) is 11.1 Å². The predicted octanol–water partition coefficient (Wildman–Crippen LogP) is 5.62. The summed E-state index contributed by atoms with van der Waals surface area (Å²) in [6.07, 6.45) is 3.90. The molecule has 2 heterocycles. The zero-order valence-electron chi connectivity index (χ0n) is 18.5. The first kappa shape index (κ1) is 20.6. The van der Waals surface area contributed by atoms with Gasteiger partial charge in [0.1, 0.15) is 11.9 Å². The Kier molecular flexibility index (Phi) is 4.86. The molecule has 0 bridgehead atoms. The first-order chi connectivity index (χ1) is 16.0. The SMILES string of the molecule is CN1OC2(CC(C3CCCc4ccccc43)Oc3ccc(-c4cccc(Cl)c4)cc32)N=C1N. The molecule has 3 aromatic rings. The number of hydroxylamine groups is 2. The number of nitrogens with two attached hydrogens (primary N) is 1. The minimum absolute atomic E-state index is 0.0565. The highest BCUT2D eigenvalue weighted by atomic mass is 35.5. The Morgan fingerprint density at radius 2 is 1.91 bits per heavy atom. The van der Waals surface area contributed by atoms with Crippen LogP contribution in [0.2, 0.25) is 5.02 Å². The van der Waals surface area contributed by atoms with Crippen molar-refractivity contribution in [2.24, 2.45) is 10.7 Å². The van der Waals surface area contributed by atoms with E-state index in [2.05, 4.69) is 36.4 Å². The second-order valence-electron chi connectivity index (χ2n) is 9.12. The minimum atomic E-state index is -0.905. The molecule has 6 rings (SSSR count). The average Bonchev–Trinajstić information content (AvgIpc) is 3.11. The third-order valence-corrected chi connectivity index (χ3v) is 7.32. The molecule has 3 aliphatic rings. The zero-order valence-corrected chi connectivity index (χ0v) is 19.3. The van der Waals surface area contributed by atoms with Crippen LogP contribution in [0.3, 0.4) is 0 Å². The quantitative estimate of drug-likeness (QED) is 0.540. The molecule has 2 N–H and O–H groups in total. The molecule has 168 valence electrons. The fraction of sp³-hybridized carbons (Fsp3) is 0.296. The summed E-state index contributed by atoms with van der Waals surface area (Å²) in [5.74, 6) is 1.46. The molecule has 3 unspecified atom stereocenters. The maximum Gasteiger partial charge on any atom is 0.221 e. The topological polar surface area (TPSA) is 60.1 Å². The van der Waals surface area contributed by atoms with Gasteiger partial charge in [-0.3, -0.25) is 0 Å². The van der Waals surface area contributed by atoms with Gasteiger partial charge in [-0.1, -0.05) is 54.1 Å². The fourth-order valence-electron chi connectivity index (χ4n) is 5.52. The Labute approximate surface area is 198 Å². The molecule has 1 aliphatic carbocycles. The summed E-state index contributed by atoms with van der Waals surface area (Å²) in [5.41, 5.74) is 11.1. The summed E-state index contributed by atoms with van der Waals surface area (Å²) in [7, 11) is 1.80. The van der Waals surface area contributed by atoms with Crippen LogP contribution in [0.1, 0.15) is 41.9 Å². The summed E-state index contributed by atoms with van der Waals surface area (Å²) in [4.78, 5) is 11.2. The van der Waals surface area contributed by atoms with Crippen molar-refractivity contribution in [2.45, 2.75) is 43.4 Å². The van der Waals surface area contributed by atoms with Crippen LogP contribution in [0.15, 0.2) is 71.7 Å². The van der Waals surface area contributed by atoms with Gasteiger partial charge >= 0.3 is 0 Å². The summed E-state index contributed by atoms with van der Waals surface area (Å²) >= 11 is 6.25. The highest BCUT2D eigenvalue weighted by Crippen LogP contribution is 2.50. The number of rotatable bonds is 2. The number of fused-ring (bicyclic) bond motifs is 3. The second kappa shape index (κ2) is 7.79. The molecule has 5 nitrogen and oxygen atoms in total. The lowest BCUT2D eigenvalue weighted by Crippen LogP contribution is -2.42. The van der Waals surface area contributed by atoms with Crippen molar-refractivity contribution in [3.05, 3.63) is 88.4 Å². The standard InChI is InChI=1S/C27H26ClN3O2/c1-31-26(29)30-27(33-31)16-25(22-11-5-7-17-6-2-3-10-21(17)22)32-24-13-12-19(15-23(24)27)18-8-4-9-20(28)14-18/h2-4,6,8-10,12-15,22,25H,5,7,11,16H2,1H3,(H2,29,30). The van der Waals surface area contributed by atoms with Crippen molar-refractivity contribution in [1.82, 2.24) is 5.06 Å². The minimum Gasteiger partial charge on any atom is -0.489 e. The maximum absolute atomic E-state index is 6.67. The van der Waals surface area contributed by atoms with E-state index in [-0.39, 0.29) is 6.10 Å². The fourth-order valence-corrected chi connectivity index (χ4v) is 5.71. The Morgan fingerprint density at radius 3 is 2.73 bits per heavy atom. The number of benzene rings is 3. The molecule has 33 heavy (non-hydrogen) atoms. The summed E-state index contributed by atoms with van der Waals surface area (Å²) in [6, 6.07) is 22.8. The van der Waals surface area contributed by atoms with E-state index in [9.17, 15) is 0 Å². The summed E-state index contributed by atoms with van der Waals surface area (Å²) < 4.78 is 6.67. The van der Waals surface area contributed by atoms with Crippen molar-refractivity contribution in [2.75, 3.05) is 7.05 Å². The third kappa shape index (κ3) is 3.47. The monoisotopic (exact) mass is 459 g/mol. The highest BCUT2D eigenvalue weighted by Gasteiger charge is 2.50. The second-order valence-corrected chi connectivity index (χ2v) is 9.56. The first-order valence-corrected chi connectivity index (χ1v) is 11.8. The third-order valence-electron chi connectivity index (χ3n) is 7.08. The Hall–Kier alpha value is -3.02. The van der Waals surface area contributed by atoms with Crippen molar-refractivity contribution < 1.29 is 9.57 Å². The van der Waals surface area contributed by atoms with E-state index in [4.69, 9.17) is 31.9 Å². The molecule has 0 fully saturated rings. The number of aliphatic imine (C=N–C) groups is 1. The Balaban J connectivity index is 1.45. The van der Waals surface area contributed by atoms with Gasteiger partial charge < -0.3 is 10.5 Å². The van der Waals surface area contributed by atoms with Crippen molar-refractivity contribution >= 4 is 17.6 Å².